The Balaban J connectivity index is 1.86. The van der Waals surface area contributed by atoms with Gasteiger partial charge in [0.15, 0.2) is 0 Å². The number of nitrogens with zero attached hydrogens (tertiary/aromatic N) is 1. The number of rotatable bonds is 10. The lowest BCUT2D eigenvalue weighted by Crippen LogP contribution is -2.41. The molecule has 2 amide bonds. The molecule has 2 aliphatic rings. The highest BCUT2D eigenvalue weighted by Gasteiger charge is 2.61. The number of ether oxygens (including phenoxy) is 2. The molecule has 1 aliphatic carbocycles. The van der Waals surface area contributed by atoms with Crippen LogP contribution in [-0.2, 0) is 30.3 Å². The van der Waals surface area contributed by atoms with Crippen molar-refractivity contribution in [3.8, 4) is 0 Å². The zero-order chi connectivity index (χ0) is 23.8. The van der Waals surface area contributed by atoms with Crippen LogP contribution in [0.1, 0.15) is 44.1 Å². The maximum atomic E-state index is 13.7. The summed E-state index contributed by atoms with van der Waals surface area (Å²) in [7, 11) is 2.96. The van der Waals surface area contributed by atoms with Crippen LogP contribution in [0.5, 0.6) is 0 Å². The van der Waals surface area contributed by atoms with Gasteiger partial charge in [0.1, 0.15) is 5.41 Å². The molecule has 1 N–H and O–H groups in total. The van der Waals surface area contributed by atoms with Gasteiger partial charge in [-0.1, -0.05) is 36.2 Å². The molecule has 1 aromatic rings. The Bertz CT molecular complexity index is 885. The fraction of sp³-hybridized carbons (Fsp3) is 0.560. The maximum absolute atomic E-state index is 13.7. The first-order valence-corrected chi connectivity index (χ1v) is 11.9. The van der Waals surface area contributed by atoms with Crippen LogP contribution in [0.15, 0.2) is 36.0 Å². The highest BCUT2D eigenvalue weighted by Crippen LogP contribution is 2.52. The highest BCUT2D eigenvalue weighted by atomic mass is 35.5. The zero-order valence-corrected chi connectivity index (χ0v) is 20.2. The fourth-order valence-corrected chi connectivity index (χ4v) is 5.06. The van der Waals surface area contributed by atoms with E-state index >= 15 is 0 Å². The minimum absolute atomic E-state index is 0.0459. The Morgan fingerprint density at radius 3 is 2.67 bits per heavy atom. The van der Waals surface area contributed by atoms with Crippen molar-refractivity contribution in [2.24, 2.45) is 11.3 Å². The Morgan fingerprint density at radius 2 is 1.97 bits per heavy atom. The largest absolute Gasteiger partial charge is 0.468 e. The minimum atomic E-state index is -1.12. The van der Waals surface area contributed by atoms with Crippen LogP contribution in [0.3, 0.4) is 0 Å². The molecule has 1 saturated heterocycles. The second kappa shape index (κ2) is 11.7. The average Bonchev–Trinajstić information content (AvgIpc) is 2.94. The summed E-state index contributed by atoms with van der Waals surface area (Å²) in [6, 6.07) is 7.51. The number of fused-ring (bicyclic) bond motifs is 1. The average molecular weight is 477 g/mol. The number of likely N-dealkylation sites (tertiary alicyclic amines) is 1. The third-order valence-corrected chi connectivity index (χ3v) is 6.85. The van der Waals surface area contributed by atoms with E-state index in [2.05, 4.69) is 5.32 Å². The molecule has 0 spiro atoms. The molecule has 0 bridgehead atoms. The van der Waals surface area contributed by atoms with Crippen molar-refractivity contribution in [3.05, 3.63) is 46.6 Å². The number of benzene rings is 1. The van der Waals surface area contributed by atoms with E-state index < -0.39 is 17.3 Å². The van der Waals surface area contributed by atoms with Crippen molar-refractivity contribution in [2.45, 2.75) is 44.9 Å². The zero-order valence-electron chi connectivity index (χ0n) is 19.4. The highest BCUT2D eigenvalue weighted by molar-refractivity contribution is 6.30. The van der Waals surface area contributed by atoms with E-state index in [-0.39, 0.29) is 18.2 Å². The molecule has 7 nitrogen and oxygen atoms in total. The van der Waals surface area contributed by atoms with E-state index in [4.69, 9.17) is 21.1 Å². The number of methoxy groups -OCH3 is 2. The topological polar surface area (TPSA) is 84.9 Å². The quantitative estimate of drug-likeness (QED) is 0.412. The van der Waals surface area contributed by atoms with E-state index in [0.29, 0.717) is 49.7 Å². The molecule has 1 heterocycles. The van der Waals surface area contributed by atoms with Crippen LogP contribution in [0.4, 0.5) is 0 Å². The van der Waals surface area contributed by atoms with Crippen LogP contribution in [0, 0.1) is 11.3 Å². The third-order valence-electron chi connectivity index (χ3n) is 6.59. The number of allylic oxidation sites excluding steroid dienone is 1. The number of amides is 2. The molecule has 0 radical (unpaired) electrons. The minimum Gasteiger partial charge on any atom is -0.468 e. The van der Waals surface area contributed by atoms with Gasteiger partial charge < -0.3 is 19.7 Å². The smallest absolute Gasteiger partial charge is 0.318 e. The van der Waals surface area contributed by atoms with Gasteiger partial charge in [-0.25, -0.2) is 0 Å². The summed E-state index contributed by atoms with van der Waals surface area (Å²) in [5.74, 6) is -1.64. The van der Waals surface area contributed by atoms with Crippen LogP contribution in [-0.4, -0.2) is 56.6 Å². The standard InChI is InChI=1S/C25H33ClN2O5/c1-32-16-6-14-27-22(29)17-20-23(30)28(15-12-18-8-10-19(26)11-9-18)21-7-4-3-5-13-25(20,21)24(31)33-2/h7-11,20H,3-6,12-17H2,1-2H3,(H,27,29)/t20-,25-/m1/s1. The van der Waals surface area contributed by atoms with Crippen molar-refractivity contribution in [1.29, 1.82) is 0 Å². The summed E-state index contributed by atoms with van der Waals surface area (Å²) in [6.45, 7) is 1.43. The van der Waals surface area contributed by atoms with Gasteiger partial charge in [-0.3, -0.25) is 14.4 Å². The third kappa shape index (κ3) is 5.58. The molecule has 2 atom stereocenters. The van der Waals surface area contributed by atoms with Crippen molar-refractivity contribution in [1.82, 2.24) is 10.2 Å². The van der Waals surface area contributed by atoms with Crippen molar-refractivity contribution >= 4 is 29.4 Å². The Kier molecular flexibility index (Phi) is 8.92. The summed E-state index contributed by atoms with van der Waals surface area (Å²) >= 11 is 5.99. The lowest BCUT2D eigenvalue weighted by molar-refractivity contribution is -0.155. The summed E-state index contributed by atoms with van der Waals surface area (Å²) < 4.78 is 10.2. The molecule has 0 saturated carbocycles. The van der Waals surface area contributed by atoms with Crippen LogP contribution in [0.25, 0.3) is 0 Å². The monoisotopic (exact) mass is 476 g/mol. The van der Waals surface area contributed by atoms with Crippen LogP contribution < -0.4 is 5.32 Å². The molecular formula is C25H33ClN2O5. The Hall–Kier alpha value is -2.38. The Labute approximate surface area is 200 Å². The van der Waals surface area contributed by atoms with Gasteiger partial charge in [-0.15, -0.1) is 0 Å². The van der Waals surface area contributed by atoms with E-state index in [9.17, 15) is 14.4 Å². The lowest BCUT2D eigenvalue weighted by atomic mass is 9.71. The van der Waals surface area contributed by atoms with Crippen LogP contribution in [0.2, 0.25) is 5.02 Å². The molecular weight excluding hydrogens is 444 g/mol. The normalized spacial score (nSPS) is 22.4. The van der Waals surface area contributed by atoms with Gasteiger partial charge in [0.2, 0.25) is 11.8 Å². The number of esters is 1. The van der Waals surface area contributed by atoms with Gasteiger partial charge in [0.05, 0.1) is 13.0 Å². The predicted octanol–water partition coefficient (Wildman–Crippen LogP) is 3.50. The summed E-state index contributed by atoms with van der Waals surface area (Å²) in [4.78, 5) is 41.3. The maximum Gasteiger partial charge on any atom is 0.318 e. The Morgan fingerprint density at radius 1 is 1.21 bits per heavy atom. The molecule has 0 aromatic heterocycles. The first-order valence-electron chi connectivity index (χ1n) is 11.5. The van der Waals surface area contributed by atoms with Gasteiger partial charge in [-0.05, 0) is 49.8 Å². The lowest BCUT2D eigenvalue weighted by Gasteiger charge is -2.31. The number of halogens is 1. The van der Waals surface area contributed by atoms with Gasteiger partial charge >= 0.3 is 5.97 Å². The molecule has 33 heavy (non-hydrogen) atoms. The van der Waals surface area contributed by atoms with Crippen LogP contribution >= 0.6 is 11.6 Å². The number of nitrogens with one attached hydrogen (secondary N) is 1. The predicted molar refractivity (Wildman–Crippen MR) is 125 cm³/mol. The van der Waals surface area contributed by atoms with E-state index in [0.717, 1.165) is 24.8 Å². The van der Waals surface area contributed by atoms with Gasteiger partial charge in [0.25, 0.3) is 0 Å². The number of hydrogen-bond acceptors (Lipinski definition) is 5. The van der Waals surface area contributed by atoms with Gasteiger partial charge in [0, 0.05) is 43.9 Å². The SMILES string of the molecule is COCCCNC(=O)C[C@@H]1C(=O)N(CCc2ccc(Cl)cc2)C2=CCCCC[C@]21C(=O)OC. The second-order valence-corrected chi connectivity index (χ2v) is 9.05. The van der Waals surface area contributed by atoms with E-state index in [1.807, 2.05) is 30.3 Å². The number of carbonyl (C=O) groups excluding carboxylic acids is 3. The first kappa shape index (κ1) is 25.2. The second-order valence-electron chi connectivity index (χ2n) is 8.62. The summed E-state index contributed by atoms with van der Waals surface area (Å²) in [5, 5.41) is 3.51. The molecule has 8 heteroatoms. The molecule has 0 unspecified atom stereocenters. The molecule has 1 fully saturated rings. The molecule has 180 valence electrons. The number of carbonyl (C=O) groups is 3. The molecule has 1 aromatic carbocycles. The summed E-state index contributed by atoms with van der Waals surface area (Å²) in [5.41, 5.74) is 0.624. The fourth-order valence-electron chi connectivity index (χ4n) is 4.94. The van der Waals surface area contributed by atoms with Crippen molar-refractivity contribution in [3.63, 3.8) is 0 Å². The first-order chi connectivity index (χ1) is 15.9. The van der Waals surface area contributed by atoms with Gasteiger partial charge in [-0.2, -0.15) is 0 Å². The molecule has 3 rings (SSSR count). The van der Waals surface area contributed by atoms with Crippen molar-refractivity contribution in [2.75, 3.05) is 33.9 Å². The molecule has 1 aliphatic heterocycles. The number of hydrogen-bond donors (Lipinski definition) is 1. The van der Waals surface area contributed by atoms with Crippen molar-refractivity contribution < 1.29 is 23.9 Å². The van der Waals surface area contributed by atoms with E-state index in [1.54, 1.807) is 12.0 Å². The van der Waals surface area contributed by atoms with E-state index in [1.165, 1.54) is 7.11 Å². The summed E-state index contributed by atoms with van der Waals surface area (Å²) in [6.07, 6.45) is 6.26.